The maximum Gasteiger partial charge on any atom is 0.290 e. The second-order valence-corrected chi connectivity index (χ2v) is 10.1. The minimum absolute atomic E-state index is 0.0124. The summed E-state index contributed by atoms with van der Waals surface area (Å²) in [5, 5.41) is 11.8. The molecule has 0 spiro atoms. The van der Waals surface area contributed by atoms with Gasteiger partial charge in [0.1, 0.15) is 0 Å². The highest BCUT2D eigenvalue weighted by Gasteiger charge is 2.39. The first-order valence-corrected chi connectivity index (χ1v) is 14.2. The molecule has 8 nitrogen and oxygen atoms in total. The van der Waals surface area contributed by atoms with Crippen LogP contribution in [0.15, 0.2) is 78.6 Å². The number of para-hydroxylation sites is 2. The van der Waals surface area contributed by atoms with Gasteiger partial charge in [-0.2, -0.15) is 0 Å². The van der Waals surface area contributed by atoms with Crippen molar-refractivity contribution in [3.8, 4) is 11.1 Å². The van der Waals surface area contributed by atoms with Crippen LogP contribution in [-0.4, -0.2) is 56.9 Å². The van der Waals surface area contributed by atoms with Gasteiger partial charge in [-0.05, 0) is 65.8 Å². The molecule has 0 saturated carbocycles. The second kappa shape index (κ2) is 13.8. The van der Waals surface area contributed by atoms with E-state index in [2.05, 4.69) is 47.8 Å². The molecule has 1 heterocycles. The smallest absolute Gasteiger partial charge is 0.290 e. The first-order chi connectivity index (χ1) is 20.1. The highest BCUT2D eigenvalue weighted by atomic mass is 16.7. The largest absolute Gasteiger partial charge is 0.459 e. The van der Waals surface area contributed by atoms with Crippen molar-refractivity contribution in [1.82, 2.24) is 0 Å². The van der Waals surface area contributed by atoms with Gasteiger partial charge in [0.2, 0.25) is 6.29 Å². The molecule has 1 aliphatic carbocycles. The molecular weight excluding hydrogens is 520 g/mol. The van der Waals surface area contributed by atoms with Crippen LogP contribution in [-0.2, 0) is 30.2 Å². The lowest BCUT2D eigenvalue weighted by atomic mass is 9.78. The number of nitrogens with one attached hydrogen (secondary N) is 1. The molecular formula is C33H38N2O6. The summed E-state index contributed by atoms with van der Waals surface area (Å²) in [6.45, 7) is 3.95. The van der Waals surface area contributed by atoms with E-state index in [4.69, 9.17) is 29.8 Å². The summed E-state index contributed by atoms with van der Waals surface area (Å²) in [5.74, 6) is -0.405. The summed E-state index contributed by atoms with van der Waals surface area (Å²) in [4.78, 5) is 13.5. The van der Waals surface area contributed by atoms with E-state index in [0.717, 1.165) is 12.0 Å². The Morgan fingerprint density at radius 2 is 1.73 bits per heavy atom. The molecule has 3 atom stereocenters. The fraction of sp³-hybridized carbons (Fsp3) is 0.364. The van der Waals surface area contributed by atoms with Crippen LogP contribution in [0.2, 0.25) is 0 Å². The number of nitrogens with two attached hydrogens (primary N) is 1. The number of anilines is 2. The minimum Gasteiger partial charge on any atom is -0.459 e. The molecule has 0 aromatic heterocycles. The molecule has 1 amide bonds. The molecule has 3 aromatic rings. The van der Waals surface area contributed by atoms with E-state index in [9.17, 15) is 4.79 Å². The van der Waals surface area contributed by atoms with Gasteiger partial charge < -0.3 is 35.1 Å². The van der Waals surface area contributed by atoms with E-state index in [1.165, 1.54) is 22.3 Å². The van der Waals surface area contributed by atoms with E-state index in [1.807, 2.05) is 25.1 Å². The van der Waals surface area contributed by atoms with Gasteiger partial charge in [0.25, 0.3) is 5.91 Å². The van der Waals surface area contributed by atoms with Gasteiger partial charge >= 0.3 is 0 Å². The zero-order chi connectivity index (χ0) is 28.6. The zero-order valence-corrected chi connectivity index (χ0v) is 23.4. The molecule has 216 valence electrons. The standard InChI is InChI=1S/C33H38N2O6/c1-2-40-33-26(14-16-38-18-19-39-17-15-36)28(21-31(41-33)32(37)35-30-13-6-5-12-29(30)34)25-11-7-10-24-23-9-4-3-8-22(23)20-27(24)25/h3-13,21,26,28,33,36H,2,14-20,34H2,1H3,(H,35,37)/t26-,28+,33+/m1/s1. The molecule has 0 bridgehead atoms. The first-order valence-electron chi connectivity index (χ1n) is 14.2. The molecule has 0 unspecified atom stereocenters. The van der Waals surface area contributed by atoms with Crippen molar-refractivity contribution in [3.63, 3.8) is 0 Å². The van der Waals surface area contributed by atoms with Crippen LogP contribution in [0.25, 0.3) is 11.1 Å². The summed E-state index contributed by atoms with van der Waals surface area (Å²) in [5.41, 5.74) is 13.3. The number of hydrogen-bond acceptors (Lipinski definition) is 7. The number of rotatable bonds is 13. The van der Waals surface area contributed by atoms with Crippen molar-refractivity contribution in [2.75, 3.05) is 50.7 Å². The average Bonchev–Trinajstić information content (AvgIpc) is 3.37. The molecule has 2 aliphatic rings. The minimum atomic E-state index is -0.641. The van der Waals surface area contributed by atoms with Crippen LogP contribution in [0.3, 0.4) is 0 Å². The number of nitrogen functional groups attached to an aromatic ring is 1. The molecule has 3 aromatic carbocycles. The van der Waals surface area contributed by atoms with Gasteiger partial charge in [0.15, 0.2) is 5.76 Å². The number of benzene rings is 3. The Kier molecular flexibility index (Phi) is 9.69. The van der Waals surface area contributed by atoms with Crippen LogP contribution in [0.5, 0.6) is 0 Å². The zero-order valence-electron chi connectivity index (χ0n) is 23.4. The third-order valence-electron chi connectivity index (χ3n) is 7.60. The van der Waals surface area contributed by atoms with Crippen molar-refractivity contribution in [3.05, 3.63) is 95.3 Å². The molecule has 4 N–H and O–H groups in total. The van der Waals surface area contributed by atoms with Crippen molar-refractivity contribution in [2.45, 2.75) is 32.0 Å². The highest BCUT2D eigenvalue weighted by Crippen LogP contribution is 2.45. The average molecular weight is 559 g/mol. The number of amides is 1. The fourth-order valence-electron chi connectivity index (χ4n) is 5.69. The summed E-state index contributed by atoms with van der Waals surface area (Å²) >= 11 is 0. The van der Waals surface area contributed by atoms with Crippen LogP contribution in [0.1, 0.15) is 36.0 Å². The third kappa shape index (κ3) is 6.63. The van der Waals surface area contributed by atoms with Crippen LogP contribution in [0, 0.1) is 5.92 Å². The number of ether oxygens (including phenoxy) is 4. The number of fused-ring (bicyclic) bond motifs is 3. The quantitative estimate of drug-likeness (QED) is 0.159. The Bertz CT molecular complexity index is 1370. The molecule has 5 rings (SSSR count). The maximum absolute atomic E-state index is 13.5. The number of allylic oxidation sites excluding steroid dienone is 1. The monoisotopic (exact) mass is 558 g/mol. The lowest BCUT2D eigenvalue weighted by molar-refractivity contribution is -0.166. The number of aliphatic hydroxyl groups excluding tert-OH is 1. The number of carbonyl (C=O) groups is 1. The first kappa shape index (κ1) is 28.8. The summed E-state index contributed by atoms with van der Waals surface area (Å²) < 4.78 is 23.5. The summed E-state index contributed by atoms with van der Waals surface area (Å²) in [7, 11) is 0. The second-order valence-electron chi connectivity index (χ2n) is 10.1. The highest BCUT2D eigenvalue weighted by molar-refractivity contribution is 6.04. The van der Waals surface area contributed by atoms with Crippen LogP contribution in [0.4, 0.5) is 11.4 Å². The summed E-state index contributed by atoms with van der Waals surface area (Å²) in [6, 6.07) is 22.1. The van der Waals surface area contributed by atoms with E-state index in [0.29, 0.717) is 50.8 Å². The van der Waals surface area contributed by atoms with Crippen molar-refractivity contribution < 1.29 is 28.8 Å². The lowest BCUT2D eigenvalue weighted by Crippen LogP contribution is -2.38. The van der Waals surface area contributed by atoms with E-state index < -0.39 is 6.29 Å². The molecule has 41 heavy (non-hydrogen) atoms. The van der Waals surface area contributed by atoms with Gasteiger partial charge in [-0.15, -0.1) is 0 Å². The number of aliphatic hydroxyl groups is 1. The van der Waals surface area contributed by atoms with Crippen molar-refractivity contribution in [1.29, 1.82) is 0 Å². The predicted octanol–water partition coefficient (Wildman–Crippen LogP) is 4.87. The van der Waals surface area contributed by atoms with E-state index in [1.54, 1.807) is 12.1 Å². The van der Waals surface area contributed by atoms with Gasteiger partial charge in [-0.1, -0.05) is 54.6 Å². The third-order valence-corrected chi connectivity index (χ3v) is 7.60. The van der Waals surface area contributed by atoms with Gasteiger partial charge in [-0.3, -0.25) is 4.79 Å². The Balaban J connectivity index is 1.46. The molecule has 0 saturated heterocycles. The molecule has 0 fully saturated rings. The molecule has 1 aliphatic heterocycles. The Morgan fingerprint density at radius 3 is 2.54 bits per heavy atom. The lowest BCUT2D eigenvalue weighted by Gasteiger charge is -2.37. The Labute approximate surface area is 241 Å². The normalized spacial score (nSPS) is 19.2. The van der Waals surface area contributed by atoms with Gasteiger partial charge in [0, 0.05) is 25.0 Å². The Morgan fingerprint density at radius 1 is 0.976 bits per heavy atom. The summed E-state index contributed by atoms with van der Waals surface area (Å²) in [6.07, 6.45) is 2.78. The van der Waals surface area contributed by atoms with Crippen LogP contribution >= 0.6 is 0 Å². The van der Waals surface area contributed by atoms with Gasteiger partial charge in [-0.25, -0.2) is 0 Å². The van der Waals surface area contributed by atoms with Crippen LogP contribution < -0.4 is 11.1 Å². The Hall–Kier alpha value is -3.69. The topological polar surface area (TPSA) is 112 Å². The molecule has 0 radical (unpaired) electrons. The van der Waals surface area contributed by atoms with E-state index >= 15 is 0 Å². The van der Waals surface area contributed by atoms with Crippen molar-refractivity contribution >= 4 is 17.3 Å². The SMILES string of the molecule is CCO[C@H]1OC(C(=O)Nc2ccccc2N)=C[C@@H](c2cccc3c2Cc2ccccc2-3)[C@H]1CCOCCOCCO. The molecule has 8 heteroatoms. The fourth-order valence-corrected chi connectivity index (χ4v) is 5.69. The number of carbonyl (C=O) groups excluding carboxylic acids is 1. The predicted molar refractivity (Wildman–Crippen MR) is 158 cm³/mol. The van der Waals surface area contributed by atoms with Gasteiger partial charge in [0.05, 0.1) is 37.8 Å². The number of hydrogen-bond donors (Lipinski definition) is 3. The van der Waals surface area contributed by atoms with Crippen molar-refractivity contribution in [2.24, 2.45) is 5.92 Å². The maximum atomic E-state index is 13.5. The van der Waals surface area contributed by atoms with E-state index in [-0.39, 0.29) is 30.1 Å².